The third-order valence-corrected chi connectivity index (χ3v) is 3.63. The first-order valence-corrected chi connectivity index (χ1v) is 6.27. The minimum absolute atomic E-state index is 0.218. The predicted molar refractivity (Wildman–Crippen MR) is 70.6 cm³/mol. The fraction of sp³-hybridized carbons (Fsp3) is 0.538. The lowest BCUT2D eigenvalue weighted by Crippen LogP contribution is -2.49. The Morgan fingerprint density at radius 3 is 3.00 bits per heavy atom. The van der Waals surface area contributed by atoms with Crippen LogP contribution in [0, 0.1) is 17.0 Å². The van der Waals surface area contributed by atoms with Crippen LogP contribution in [0.25, 0.3) is 0 Å². The Kier molecular flexibility index (Phi) is 3.93. The number of hydrogen-bond acceptors (Lipinski definition) is 4. The summed E-state index contributed by atoms with van der Waals surface area (Å²) in [4.78, 5) is 13.0. The number of rotatable bonds is 3. The van der Waals surface area contributed by atoms with Crippen molar-refractivity contribution in [1.82, 2.24) is 10.2 Å². The molecule has 98 valence electrons. The van der Waals surface area contributed by atoms with E-state index in [1.54, 1.807) is 12.1 Å². The lowest BCUT2D eigenvalue weighted by molar-refractivity contribution is -0.385. The molecule has 1 N–H and O–H groups in total. The molecule has 0 spiro atoms. The van der Waals surface area contributed by atoms with Crippen LogP contribution in [0.4, 0.5) is 5.69 Å². The van der Waals surface area contributed by atoms with Crippen LogP contribution in [-0.4, -0.2) is 35.5 Å². The highest BCUT2D eigenvalue weighted by Gasteiger charge is 2.20. The molecule has 1 heterocycles. The van der Waals surface area contributed by atoms with E-state index in [2.05, 4.69) is 17.1 Å². The Morgan fingerprint density at radius 1 is 1.56 bits per heavy atom. The molecular weight excluding hydrogens is 230 g/mol. The standard InChI is InChI=1S/C13H19N3O2/c1-10-8-14-6-7-15(10)9-12-4-3-5-13(11(12)2)16(17)18/h3-5,10,14H,6-9H2,1-2H3. The zero-order chi connectivity index (χ0) is 13.1. The Bertz CT molecular complexity index is 448. The molecule has 1 aromatic carbocycles. The largest absolute Gasteiger partial charge is 0.314 e. The van der Waals surface area contributed by atoms with E-state index >= 15 is 0 Å². The van der Waals surface area contributed by atoms with Crippen LogP contribution in [0.15, 0.2) is 18.2 Å². The predicted octanol–water partition coefficient (Wildman–Crippen LogP) is 1.70. The van der Waals surface area contributed by atoms with Crippen molar-refractivity contribution in [1.29, 1.82) is 0 Å². The van der Waals surface area contributed by atoms with Crippen LogP contribution in [0.2, 0.25) is 0 Å². The van der Waals surface area contributed by atoms with Gasteiger partial charge in [0.1, 0.15) is 0 Å². The molecule has 1 saturated heterocycles. The number of nitrogens with zero attached hydrogens (tertiary/aromatic N) is 2. The highest BCUT2D eigenvalue weighted by atomic mass is 16.6. The molecular formula is C13H19N3O2. The average molecular weight is 249 g/mol. The van der Waals surface area contributed by atoms with Gasteiger partial charge in [-0.25, -0.2) is 0 Å². The van der Waals surface area contributed by atoms with Crippen molar-refractivity contribution >= 4 is 5.69 Å². The van der Waals surface area contributed by atoms with E-state index in [1.807, 2.05) is 13.0 Å². The van der Waals surface area contributed by atoms with Crippen LogP contribution in [0.1, 0.15) is 18.1 Å². The maximum Gasteiger partial charge on any atom is 0.272 e. The maximum absolute atomic E-state index is 10.9. The van der Waals surface area contributed by atoms with Crippen molar-refractivity contribution in [2.75, 3.05) is 19.6 Å². The van der Waals surface area contributed by atoms with E-state index in [0.717, 1.165) is 37.3 Å². The lowest BCUT2D eigenvalue weighted by Gasteiger charge is -2.34. The monoisotopic (exact) mass is 249 g/mol. The van der Waals surface area contributed by atoms with Crippen molar-refractivity contribution in [3.63, 3.8) is 0 Å². The quantitative estimate of drug-likeness (QED) is 0.654. The van der Waals surface area contributed by atoms with Gasteiger partial charge >= 0.3 is 0 Å². The van der Waals surface area contributed by atoms with Crippen molar-refractivity contribution < 1.29 is 4.92 Å². The number of hydrogen-bond donors (Lipinski definition) is 1. The van der Waals surface area contributed by atoms with Crippen LogP contribution < -0.4 is 5.32 Å². The van der Waals surface area contributed by atoms with Crippen molar-refractivity contribution in [3.8, 4) is 0 Å². The first-order chi connectivity index (χ1) is 8.59. The van der Waals surface area contributed by atoms with Crippen LogP contribution in [0.5, 0.6) is 0 Å². The van der Waals surface area contributed by atoms with Gasteiger partial charge in [0.15, 0.2) is 0 Å². The Morgan fingerprint density at radius 2 is 2.33 bits per heavy atom. The van der Waals surface area contributed by atoms with Gasteiger partial charge in [-0.05, 0) is 19.4 Å². The molecule has 0 radical (unpaired) electrons. The van der Waals surface area contributed by atoms with E-state index in [1.165, 1.54) is 0 Å². The van der Waals surface area contributed by atoms with E-state index in [-0.39, 0.29) is 10.6 Å². The summed E-state index contributed by atoms with van der Waals surface area (Å²) in [5.41, 5.74) is 2.06. The second-order valence-corrected chi connectivity index (χ2v) is 4.84. The summed E-state index contributed by atoms with van der Waals surface area (Å²) in [5, 5.41) is 14.3. The van der Waals surface area contributed by atoms with Gasteiger partial charge < -0.3 is 5.32 Å². The Hall–Kier alpha value is -1.46. The van der Waals surface area contributed by atoms with Gasteiger partial charge in [0, 0.05) is 43.9 Å². The van der Waals surface area contributed by atoms with Crippen molar-refractivity contribution in [2.24, 2.45) is 0 Å². The number of benzene rings is 1. The van der Waals surface area contributed by atoms with Gasteiger partial charge in [0.2, 0.25) is 0 Å². The summed E-state index contributed by atoms with van der Waals surface area (Å²) in [6.45, 7) is 7.76. The molecule has 5 nitrogen and oxygen atoms in total. The average Bonchev–Trinajstić information content (AvgIpc) is 2.34. The first-order valence-electron chi connectivity index (χ1n) is 6.27. The highest BCUT2D eigenvalue weighted by molar-refractivity contribution is 5.44. The van der Waals surface area contributed by atoms with Gasteiger partial charge in [-0.15, -0.1) is 0 Å². The summed E-state index contributed by atoms with van der Waals surface area (Å²) < 4.78 is 0. The van der Waals surface area contributed by atoms with Gasteiger partial charge in [0.05, 0.1) is 4.92 Å². The summed E-state index contributed by atoms with van der Waals surface area (Å²) in [5.74, 6) is 0. The molecule has 1 atom stereocenters. The van der Waals surface area contributed by atoms with Crippen LogP contribution in [0.3, 0.4) is 0 Å². The van der Waals surface area contributed by atoms with E-state index in [4.69, 9.17) is 0 Å². The van der Waals surface area contributed by atoms with Crippen molar-refractivity contribution in [2.45, 2.75) is 26.4 Å². The molecule has 0 aliphatic carbocycles. The molecule has 1 unspecified atom stereocenters. The first kappa shape index (κ1) is 13.0. The molecule has 0 aromatic heterocycles. The molecule has 0 saturated carbocycles. The highest BCUT2D eigenvalue weighted by Crippen LogP contribution is 2.23. The normalized spacial score (nSPS) is 20.9. The number of piperazine rings is 1. The number of nitrogens with one attached hydrogen (secondary N) is 1. The second kappa shape index (κ2) is 5.46. The Labute approximate surface area is 107 Å². The molecule has 5 heteroatoms. The van der Waals surface area contributed by atoms with E-state index in [9.17, 15) is 10.1 Å². The second-order valence-electron chi connectivity index (χ2n) is 4.84. The van der Waals surface area contributed by atoms with Gasteiger partial charge in [-0.2, -0.15) is 0 Å². The molecule has 0 bridgehead atoms. The van der Waals surface area contributed by atoms with Gasteiger partial charge in [-0.1, -0.05) is 12.1 Å². The summed E-state index contributed by atoms with van der Waals surface area (Å²) >= 11 is 0. The molecule has 1 aromatic rings. The fourth-order valence-electron chi connectivity index (χ4n) is 2.38. The van der Waals surface area contributed by atoms with Crippen molar-refractivity contribution in [3.05, 3.63) is 39.4 Å². The lowest BCUT2D eigenvalue weighted by atomic mass is 10.1. The third kappa shape index (κ3) is 2.68. The summed E-state index contributed by atoms with van der Waals surface area (Å²) in [7, 11) is 0. The van der Waals surface area contributed by atoms with Crippen LogP contribution >= 0.6 is 0 Å². The van der Waals surface area contributed by atoms with Crippen LogP contribution in [-0.2, 0) is 6.54 Å². The Balaban J connectivity index is 2.18. The zero-order valence-corrected chi connectivity index (χ0v) is 10.8. The topological polar surface area (TPSA) is 58.4 Å². The van der Waals surface area contributed by atoms with E-state index < -0.39 is 0 Å². The fourth-order valence-corrected chi connectivity index (χ4v) is 2.38. The van der Waals surface area contributed by atoms with Gasteiger partial charge in [-0.3, -0.25) is 15.0 Å². The molecule has 0 amide bonds. The summed E-state index contributed by atoms with van der Waals surface area (Å²) in [6.07, 6.45) is 0. The SMILES string of the molecule is Cc1c(CN2CCNCC2C)cccc1[N+](=O)[O-]. The minimum Gasteiger partial charge on any atom is -0.314 e. The molecule has 18 heavy (non-hydrogen) atoms. The molecule has 1 fully saturated rings. The number of nitro benzene ring substituents is 1. The maximum atomic E-state index is 10.9. The minimum atomic E-state index is -0.306. The molecule has 1 aliphatic heterocycles. The van der Waals surface area contributed by atoms with E-state index in [0.29, 0.717) is 6.04 Å². The number of nitro groups is 1. The van der Waals surface area contributed by atoms with Gasteiger partial charge in [0.25, 0.3) is 5.69 Å². The molecule has 1 aliphatic rings. The zero-order valence-electron chi connectivity index (χ0n) is 10.8. The molecule has 2 rings (SSSR count). The third-order valence-electron chi connectivity index (χ3n) is 3.63. The smallest absolute Gasteiger partial charge is 0.272 e. The summed E-state index contributed by atoms with van der Waals surface area (Å²) in [6, 6.07) is 5.79.